The van der Waals surface area contributed by atoms with Crippen LogP contribution in [0.25, 0.3) is 0 Å². The molecule has 3 N–H and O–H groups in total. The van der Waals surface area contributed by atoms with Gasteiger partial charge in [0.2, 0.25) is 10.0 Å². The average molecular weight is 336 g/mol. The zero-order valence-electron chi connectivity index (χ0n) is 12.0. The maximum Gasteiger partial charge on any atom is 0.336 e. The number of hydrogen-bond acceptors (Lipinski definition) is 4. The molecule has 0 saturated carbocycles. The molecule has 8 heteroatoms. The van der Waals surface area contributed by atoms with Crippen LogP contribution in [0.5, 0.6) is 0 Å². The Hall–Kier alpha value is -1.15. The Morgan fingerprint density at radius 1 is 1.38 bits per heavy atom. The Bertz CT molecular complexity index is 655. The molecule has 1 rings (SSSR count). The number of carbonyl (C=O) groups is 1. The van der Waals surface area contributed by atoms with E-state index in [1.54, 1.807) is 13.8 Å². The van der Waals surface area contributed by atoms with Gasteiger partial charge in [-0.2, -0.15) is 0 Å². The number of aliphatic hydroxyl groups excluding tert-OH is 1. The second kappa shape index (κ2) is 6.31. The number of sulfonamides is 1. The van der Waals surface area contributed by atoms with E-state index in [0.29, 0.717) is 0 Å². The monoisotopic (exact) mass is 335 g/mol. The van der Waals surface area contributed by atoms with Crippen LogP contribution in [0.4, 0.5) is 0 Å². The van der Waals surface area contributed by atoms with Gasteiger partial charge in [-0.05, 0) is 24.6 Å². The van der Waals surface area contributed by atoms with Gasteiger partial charge in [-0.15, -0.1) is 0 Å². The standard InChI is InChI=1S/C13H18ClNO5S/c1-8-10(12(17)18)4-9(14)5-11(8)21(19,20)15-6-13(2,3)7-16/h4-5,15-16H,6-7H2,1-3H3,(H,17,18). The predicted molar refractivity (Wildman–Crippen MR) is 79.2 cm³/mol. The van der Waals surface area contributed by atoms with Crippen molar-refractivity contribution >= 4 is 27.6 Å². The minimum atomic E-state index is -3.92. The van der Waals surface area contributed by atoms with Crippen LogP contribution in [0.15, 0.2) is 17.0 Å². The fraction of sp³-hybridized carbons (Fsp3) is 0.462. The number of carboxylic acids is 1. The van der Waals surface area contributed by atoms with Crippen LogP contribution < -0.4 is 4.72 Å². The molecular weight excluding hydrogens is 318 g/mol. The van der Waals surface area contributed by atoms with Crippen LogP contribution in [0.3, 0.4) is 0 Å². The molecule has 0 amide bonds. The van der Waals surface area contributed by atoms with Crippen molar-refractivity contribution in [1.29, 1.82) is 0 Å². The van der Waals surface area contributed by atoms with Crippen molar-refractivity contribution in [2.45, 2.75) is 25.7 Å². The third-order valence-corrected chi connectivity index (χ3v) is 4.76. The summed E-state index contributed by atoms with van der Waals surface area (Å²) >= 11 is 5.79. The number of rotatable bonds is 6. The van der Waals surface area contributed by atoms with E-state index < -0.39 is 21.4 Å². The molecule has 0 saturated heterocycles. The van der Waals surface area contributed by atoms with Gasteiger partial charge in [0.25, 0.3) is 0 Å². The Morgan fingerprint density at radius 2 is 1.95 bits per heavy atom. The zero-order chi connectivity index (χ0) is 16.4. The second-order valence-electron chi connectivity index (χ2n) is 5.53. The van der Waals surface area contributed by atoms with E-state index in [4.69, 9.17) is 21.8 Å². The highest BCUT2D eigenvalue weighted by molar-refractivity contribution is 7.89. The molecule has 0 aliphatic carbocycles. The summed E-state index contributed by atoms with van der Waals surface area (Å²) in [6.45, 7) is 4.63. The van der Waals surface area contributed by atoms with Crippen molar-refractivity contribution < 1.29 is 23.4 Å². The third-order valence-electron chi connectivity index (χ3n) is 3.01. The predicted octanol–water partition coefficient (Wildman–Crippen LogP) is 1.64. The summed E-state index contributed by atoms with van der Waals surface area (Å²) in [4.78, 5) is 10.9. The summed E-state index contributed by atoms with van der Waals surface area (Å²) in [6, 6.07) is 2.41. The fourth-order valence-electron chi connectivity index (χ4n) is 1.58. The molecule has 0 unspecified atom stereocenters. The van der Waals surface area contributed by atoms with Crippen molar-refractivity contribution in [2.24, 2.45) is 5.41 Å². The smallest absolute Gasteiger partial charge is 0.336 e. The molecule has 0 aromatic heterocycles. The fourth-order valence-corrected chi connectivity index (χ4v) is 3.39. The summed E-state index contributed by atoms with van der Waals surface area (Å²) in [7, 11) is -3.92. The van der Waals surface area contributed by atoms with E-state index in [0.717, 1.165) is 0 Å². The van der Waals surface area contributed by atoms with Crippen LogP contribution in [-0.2, 0) is 10.0 Å². The van der Waals surface area contributed by atoms with Gasteiger partial charge in [0, 0.05) is 23.6 Å². The van der Waals surface area contributed by atoms with E-state index >= 15 is 0 Å². The van der Waals surface area contributed by atoms with E-state index in [1.165, 1.54) is 19.1 Å². The molecule has 6 nitrogen and oxygen atoms in total. The summed E-state index contributed by atoms with van der Waals surface area (Å²) in [5.41, 5.74) is -0.680. The second-order valence-corrected chi connectivity index (χ2v) is 7.70. The van der Waals surface area contributed by atoms with Crippen LogP contribution in [0, 0.1) is 12.3 Å². The molecule has 21 heavy (non-hydrogen) atoms. The Kier molecular flexibility index (Phi) is 5.38. The average Bonchev–Trinajstić information content (AvgIpc) is 2.38. The van der Waals surface area contributed by atoms with Gasteiger partial charge < -0.3 is 10.2 Å². The molecule has 1 aromatic carbocycles. The van der Waals surface area contributed by atoms with Gasteiger partial charge in [-0.1, -0.05) is 25.4 Å². The summed E-state index contributed by atoms with van der Waals surface area (Å²) in [5, 5.41) is 18.2. The van der Waals surface area contributed by atoms with Gasteiger partial charge in [0.05, 0.1) is 10.5 Å². The van der Waals surface area contributed by atoms with Gasteiger partial charge >= 0.3 is 5.97 Å². The Morgan fingerprint density at radius 3 is 2.43 bits per heavy atom. The first-order valence-corrected chi connectivity index (χ1v) is 8.00. The molecule has 118 valence electrons. The van der Waals surface area contributed by atoms with Crippen LogP contribution in [0.2, 0.25) is 5.02 Å². The van der Waals surface area contributed by atoms with Crippen molar-refractivity contribution in [2.75, 3.05) is 13.2 Å². The SMILES string of the molecule is Cc1c(C(=O)O)cc(Cl)cc1S(=O)(=O)NCC(C)(C)CO. The number of aliphatic hydroxyl groups is 1. The van der Waals surface area contributed by atoms with E-state index in [2.05, 4.69) is 4.72 Å². The first-order chi connectivity index (χ1) is 9.50. The van der Waals surface area contributed by atoms with Crippen LogP contribution in [-0.4, -0.2) is 37.8 Å². The lowest BCUT2D eigenvalue weighted by atomic mass is 9.96. The third kappa shape index (κ3) is 4.41. The molecule has 1 aromatic rings. The number of aromatic carboxylic acids is 1. The molecule has 0 bridgehead atoms. The Labute approximate surface area is 128 Å². The molecule has 0 aliphatic heterocycles. The lowest BCUT2D eigenvalue weighted by molar-refractivity contribution is 0.0696. The minimum absolute atomic E-state index is 0.0141. The maximum atomic E-state index is 12.3. The van der Waals surface area contributed by atoms with Gasteiger partial charge in [-0.3, -0.25) is 0 Å². The lowest BCUT2D eigenvalue weighted by Crippen LogP contribution is -2.36. The van der Waals surface area contributed by atoms with Crippen LogP contribution >= 0.6 is 11.6 Å². The normalized spacial score (nSPS) is 12.4. The van der Waals surface area contributed by atoms with Gasteiger partial charge in [0.1, 0.15) is 0 Å². The van der Waals surface area contributed by atoms with Crippen molar-refractivity contribution in [3.8, 4) is 0 Å². The molecule has 0 heterocycles. The quantitative estimate of drug-likeness (QED) is 0.733. The molecule has 0 spiro atoms. The number of hydrogen-bond donors (Lipinski definition) is 3. The van der Waals surface area contributed by atoms with Gasteiger partial charge in [-0.25, -0.2) is 17.9 Å². The molecular formula is C13H18ClNO5S. The largest absolute Gasteiger partial charge is 0.478 e. The summed E-state index contributed by atoms with van der Waals surface area (Å²) in [6.07, 6.45) is 0. The minimum Gasteiger partial charge on any atom is -0.478 e. The molecule has 0 atom stereocenters. The van der Waals surface area contributed by atoms with E-state index in [-0.39, 0.29) is 34.2 Å². The highest BCUT2D eigenvalue weighted by atomic mass is 35.5. The topological polar surface area (TPSA) is 104 Å². The number of halogens is 1. The first-order valence-electron chi connectivity index (χ1n) is 6.14. The van der Waals surface area contributed by atoms with Crippen molar-refractivity contribution in [3.63, 3.8) is 0 Å². The van der Waals surface area contributed by atoms with Crippen molar-refractivity contribution in [3.05, 3.63) is 28.3 Å². The molecule has 0 aliphatic rings. The van der Waals surface area contributed by atoms with E-state index in [9.17, 15) is 13.2 Å². The number of benzene rings is 1. The summed E-state index contributed by atoms with van der Waals surface area (Å²) in [5.74, 6) is -1.25. The number of carboxylic acid groups (broad SMARTS) is 1. The lowest BCUT2D eigenvalue weighted by Gasteiger charge is -2.22. The van der Waals surface area contributed by atoms with Gasteiger partial charge in [0.15, 0.2) is 0 Å². The first kappa shape index (κ1) is 17.9. The number of nitrogens with one attached hydrogen (secondary N) is 1. The summed E-state index contributed by atoms with van der Waals surface area (Å²) < 4.78 is 27.0. The molecule has 0 fully saturated rings. The highest BCUT2D eigenvalue weighted by Gasteiger charge is 2.25. The molecule has 0 radical (unpaired) electrons. The maximum absolute atomic E-state index is 12.3. The van der Waals surface area contributed by atoms with Crippen molar-refractivity contribution in [1.82, 2.24) is 4.72 Å². The zero-order valence-corrected chi connectivity index (χ0v) is 13.5. The Balaban J connectivity index is 3.23. The highest BCUT2D eigenvalue weighted by Crippen LogP contribution is 2.25. The van der Waals surface area contributed by atoms with E-state index in [1.807, 2.05) is 0 Å². The van der Waals surface area contributed by atoms with Crippen LogP contribution in [0.1, 0.15) is 29.8 Å².